The second-order valence-electron chi connectivity index (χ2n) is 2.94. The highest BCUT2D eigenvalue weighted by atomic mass is 79.9. The summed E-state index contributed by atoms with van der Waals surface area (Å²) in [5, 5.41) is 0. The van der Waals surface area contributed by atoms with Gasteiger partial charge in [0.15, 0.2) is 0 Å². The van der Waals surface area contributed by atoms with Crippen molar-refractivity contribution in [2.24, 2.45) is 0 Å². The summed E-state index contributed by atoms with van der Waals surface area (Å²) in [5.74, 6) is -0.602. The maximum atomic E-state index is 13.2. The molecule has 0 aromatic carbocycles. The average molecular weight is 298 g/mol. The summed E-state index contributed by atoms with van der Waals surface area (Å²) in [6.45, 7) is 1.42. The molecule has 0 aliphatic heterocycles. The maximum Gasteiger partial charge on any atom is 0.265 e. The Morgan fingerprint density at radius 2 is 2.13 bits per heavy atom. The lowest BCUT2D eigenvalue weighted by Crippen LogP contribution is -2.10. The number of hydrogen-bond donors (Lipinski definition) is 0. The van der Waals surface area contributed by atoms with Gasteiger partial charge in [0.05, 0.1) is 6.26 Å². The molecule has 0 spiro atoms. The van der Waals surface area contributed by atoms with Crippen LogP contribution in [0.3, 0.4) is 0 Å². The van der Waals surface area contributed by atoms with E-state index in [1.165, 1.54) is 19.1 Å². The van der Waals surface area contributed by atoms with Gasteiger partial charge < -0.3 is 0 Å². The molecule has 7 heteroatoms. The third kappa shape index (κ3) is 3.84. The zero-order valence-electron chi connectivity index (χ0n) is 8.07. The van der Waals surface area contributed by atoms with E-state index >= 15 is 0 Å². The van der Waals surface area contributed by atoms with Crippen LogP contribution in [-0.4, -0.2) is 19.7 Å². The quantitative estimate of drug-likeness (QED) is 0.633. The van der Waals surface area contributed by atoms with Gasteiger partial charge in [-0.05, 0) is 35.0 Å². The fourth-order valence-electron chi connectivity index (χ4n) is 1.03. The van der Waals surface area contributed by atoms with Crippen molar-refractivity contribution >= 4 is 26.0 Å². The number of pyridine rings is 1. The molecule has 0 radical (unpaired) electrons. The molecule has 0 aliphatic rings. The van der Waals surface area contributed by atoms with Crippen molar-refractivity contribution in [2.45, 2.75) is 13.0 Å². The zero-order valence-corrected chi connectivity index (χ0v) is 10.5. The maximum absolute atomic E-state index is 13.2. The van der Waals surface area contributed by atoms with Crippen LogP contribution in [0.25, 0.3) is 0 Å². The van der Waals surface area contributed by atoms with Crippen LogP contribution in [0, 0.1) is 5.82 Å². The van der Waals surface area contributed by atoms with Crippen molar-refractivity contribution < 1.29 is 17.0 Å². The third-order valence-electron chi connectivity index (χ3n) is 1.54. The van der Waals surface area contributed by atoms with E-state index in [2.05, 4.69) is 25.1 Å². The molecule has 15 heavy (non-hydrogen) atoms. The Morgan fingerprint density at radius 3 is 2.67 bits per heavy atom. The van der Waals surface area contributed by atoms with Gasteiger partial charge in [-0.3, -0.25) is 4.18 Å². The van der Waals surface area contributed by atoms with Crippen LogP contribution in [0.5, 0.6) is 0 Å². The topological polar surface area (TPSA) is 56.3 Å². The van der Waals surface area contributed by atoms with Gasteiger partial charge in [0, 0.05) is 0 Å². The summed E-state index contributed by atoms with van der Waals surface area (Å²) in [6.07, 6.45) is -0.0446. The third-order valence-corrected chi connectivity index (χ3v) is 2.62. The number of nitrogens with zero attached hydrogens (tertiary/aromatic N) is 1. The van der Waals surface area contributed by atoms with Gasteiger partial charge >= 0.3 is 0 Å². The minimum Gasteiger partial charge on any atom is -0.261 e. The van der Waals surface area contributed by atoms with Gasteiger partial charge in [-0.15, -0.1) is 0 Å². The van der Waals surface area contributed by atoms with Crippen LogP contribution in [0.2, 0.25) is 0 Å². The molecule has 4 nitrogen and oxygen atoms in total. The zero-order chi connectivity index (χ0) is 11.6. The Kier molecular flexibility index (Phi) is 3.80. The highest BCUT2D eigenvalue weighted by Crippen LogP contribution is 2.21. The second-order valence-corrected chi connectivity index (χ2v) is 5.36. The van der Waals surface area contributed by atoms with Crippen LogP contribution >= 0.6 is 15.9 Å². The largest absolute Gasteiger partial charge is 0.265 e. The fraction of sp³-hybridized carbons (Fsp3) is 0.375. The van der Waals surface area contributed by atoms with E-state index in [0.29, 0.717) is 4.60 Å². The van der Waals surface area contributed by atoms with E-state index in [4.69, 9.17) is 0 Å². The summed E-state index contributed by atoms with van der Waals surface area (Å²) in [7, 11) is -3.62. The lowest BCUT2D eigenvalue weighted by Gasteiger charge is -2.11. The predicted molar refractivity (Wildman–Crippen MR) is 56.2 cm³/mol. The molecule has 0 aliphatic carbocycles. The molecule has 0 bridgehead atoms. The van der Waals surface area contributed by atoms with Crippen molar-refractivity contribution in [1.29, 1.82) is 0 Å². The molecule has 1 unspecified atom stereocenters. The molecule has 0 fully saturated rings. The van der Waals surface area contributed by atoms with E-state index < -0.39 is 22.0 Å². The predicted octanol–water partition coefficient (Wildman–Crippen LogP) is 2.02. The van der Waals surface area contributed by atoms with Crippen LogP contribution < -0.4 is 0 Å². The van der Waals surface area contributed by atoms with E-state index in [1.807, 2.05) is 0 Å². The van der Waals surface area contributed by atoms with Gasteiger partial charge in [0.2, 0.25) is 0 Å². The molecule has 1 heterocycles. The summed E-state index contributed by atoms with van der Waals surface area (Å²) in [6, 6.07) is 2.61. The van der Waals surface area contributed by atoms with Crippen LogP contribution in [-0.2, 0) is 14.3 Å². The van der Waals surface area contributed by atoms with Crippen LogP contribution in [0.4, 0.5) is 4.39 Å². The standard InChI is InChI=1S/C8H9BrFNO3S/c1-5(14-15(2,12)13)8-6(10)3-4-7(9)11-8/h3-5H,1-2H3. The van der Waals surface area contributed by atoms with Gasteiger partial charge in [0.1, 0.15) is 22.2 Å². The van der Waals surface area contributed by atoms with E-state index in [0.717, 1.165) is 6.26 Å². The SMILES string of the molecule is CC(OS(C)(=O)=O)c1nc(Br)ccc1F. The summed E-state index contributed by atoms with van der Waals surface area (Å²) >= 11 is 3.06. The number of halogens is 2. The molecule has 0 saturated carbocycles. The molecule has 1 aromatic heterocycles. The van der Waals surface area contributed by atoms with Crippen LogP contribution in [0.15, 0.2) is 16.7 Å². The summed E-state index contributed by atoms with van der Waals surface area (Å²) < 4.78 is 39.9. The Balaban J connectivity index is 3.00. The smallest absolute Gasteiger partial charge is 0.261 e. The summed E-state index contributed by atoms with van der Waals surface area (Å²) in [5.41, 5.74) is -0.0465. The van der Waals surface area contributed by atoms with Gasteiger partial charge in [-0.25, -0.2) is 9.37 Å². The number of aromatic nitrogens is 1. The van der Waals surface area contributed by atoms with Gasteiger partial charge in [-0.1, -0.05) is 0 Å². The first-order valence-corrected chi connectivity index (χ1v) is 6.61. The lowest BCUT2D eigenvalue weighted by molar-refractivity contribution is 0.225. The molecule has 0 N–H and O–H groups in total. The van der Waals surface area contributed by atoms with Gasteiger partial charge in [-0.2, -0.15) is 8.42 Å². The number of rotatable bonds is 3. The molecule has 84 valence electrons. The first-order valence-electron chi connectivity index (χ1n) is 4.00. The minimum absolute atomic E-state index is 0.0465. The molecule has 0 amide bonds. The number of hydrogen-bond acceptors (Lipinski definition) is 4. The van der Waals surface area contributed by atoms with Crippen molar-refractivity contribution in [2.75, 3.05) is 6.26 Å². The highest BCUT2D eigenvalue weighted by molar-refractivity contribution is 9.10. The molecule has 0 saturated heterocycles. The average Bonchev–Trinajstić information content (AvgIpc) is 2.06. The fourth-order valence-corrected chi connectivity index (χ4v) is 1.96. The Bertz CT molecular complexity index is 463. The first kappa shape index (κ1) is 12.5. The Hall–Kier alpha value is -0.530. The lowest BCUT2D eigenvalue weighted by atomic mass is 10.2. The normalized spacial score (nSPS) is 13.9. The monoisotopic (exact) mass is 297 g/mol. The first-order chi connectivity index (χ1) is 6.79. The van der Waals surface area contributed by atoms with E-state index in [1.54, 1.807) is 0 Å². The minimum atomic E-state index is -3.62. The van der Waals surface area contributed by atoms with E-state index in [-0.39, 0.29) is 5.69 Å². The summed E-state index contributed by atoms with van der Waals surface area (Å²) in [4.78, 5) is 3.81. The van der Waals surface area contributed by atoms with Crippen molar-refractivity contribution in [3.63, 3.8) is 0 Å². The van der Waals surface area contributed by atoms with Crippen molar-refractivity contribution in [3.05, 3.63) is 28.2 Å². The molecular formula is C8H9BrFNO3S. The van der Waals surface area contributed by atoms with Gasteiger partial charge in [0.25, 0.3) is 10.1 Å². The molecular weight excluding hydrogens is 289 g/mol. The highest BCUT2D eigenvalue weighted by Gasteiger charge is 2.18. The molecule has 1 aromatic rings. The van der Waals surface area contributed by atoms with E-state index in [9.17, 15) is 12.8 Å². The Labute approximate surface area is 95.7 Å². The Morgan fingerprint density at radius 1 is 1.53 bits per heavy atom. The van der Waals surface area contributed by atoms with Crippen molar-refractivity contribution in [1.82, 2.24) is 4.98 Å². The molecule has 1 atom stereocenters. The van der Waals surface area contributed by atoms with Crippen molar-refractivity contribution in [3.8, 4) is 0 Å². The molecule has 1 rings (SSSR count). The second kappa shape index (κ2) is 4.54. The van der Waals surface area contributed by atoms with Crippen LogP contribution in [0.1, 0.15) is 18.7 Å².